The van der Waals surface area contributed by atoms with Crippen LogP contribution in [-0.2, 0) is 0 Å². The number of hydrogen-bond donors (Lipinski definition) is 2. The van der Waals surface area contributed by atoms with Crippen LogP contribution in [0.2, 0.25) is 5.02 Å². The van der Waals surface area contributed by atoms with E-state index in [-0.39, 0.29) is 11.5 Å². The highest BCUT2D eigenvalue weighted by atomic mass is 35.5. The average molecular weight is 278 g/mol. The second-order valence-electron chi connectivity index (χ2n) is 3.83. The molecule has 0 aliphatic heterocycles. The predicted molar refractivity (Wildman–Crippen MR) is 73.4 cm³/mol. The van der Waals surface area contributed by atoms with Crippen LogP contribution in [0.5, 0.6) is 11.5 Å². The van der Waals surface area contributed by atoms with Crippen molar-refractivity contribution in [1.82, 2.24) is 4.98 Å². The third-order valence-corrected chi connectivity index (χ3v) is 3.85. The third-order valence-electron chi connectivity index (χ3n) is 2.56. The second kappa shape index (κ2) is 4.15. The Morgan fingerprint density at radius 2 is 1.89 bits per heavy atom. The molecule has 0 amide bonds. The Morgan fingerprint density at radius 1 is 1.06 bits per heavy atom. The normalized spacial score (nSPS) is 10.9. The number of thiazole rings is 1. The summed E-state index contributed by atoms with van der Waals surface area (Å²) in [6.07, 6.45) is 0. The van der Waals surface area contributed by atoms with Crippen molar-refractivity contribution in [1.29, 1.82) is 0 Å². The minimum absolute atomic E-state index is 0.103. The van der Waals surface area contributed by atoms with Gasteiger partial charge in [-0.25, -0.2) is 4.98 Å². The number of hydrogen-bond acceptors (Lipinski definition) is 4. The first-order valence-electron chi connectivity index (χ1n) is 5.22. The van der Waals surface area contributed by atoms with Crippen LogP contribution in [0, 0.1) is 0 Å². The van der Waals surface area contributed by atoms with Gasteiger partial charge < -0.3 is 10.2 Å². The maximum absolute atomic E-state index is 9.86. The summed E-state index contributed by atoms with van der Waals surface area (Å²) >= 11 is 7.20. The van der Waals surface area contributed by atoms with Crippen LogP contribution in [0.15, 0.2) is 36.4 Å². The molecule has 18 heavy (non-hydrogen) atoms. The SMILES string of the molecule is Oc1ccc2nc(-c3ccc(Cl)cc3O)sc2c1. The van der Waals surface area contributed by atoms with E-state index in [2.05, 4.69) is 4.98 Å². The lowest BCUT2D eigenvalue weighted by molar-refractivity contribution is 0.476. The molecule has 0 fully saturated rings. The number of benzene rings is 2. The molecule has 0 saturated heterocycles. The largest absolute Gasteiger partial charge is 0.508 e. The molecule has 2 N–H and O–H groups in total. The Kier molecular flexibility index (Phi) is 2.61. The predicted octanol–water partition coefficient (Wildman–Crippen LogP) is 4.03. The molecule has 0 atom stereocenters. The Bertz CT molecular complexity index is 739. The van der Waals surface area contributed by atoms with Crippen molar-refractivity contribution >= 4 is 33.2 Å². The van der Waals surface area contributed by atoms with Gasteiger partial charge in [-0.15, -0.1) is 11.3 Å². The summed E-state index contributed by atoms with van der Waals surface area (Å²) < 4.78 is 0.874. The smallest absolute Gasteiger partial charge is 0.128 e. The van der Waals surface area contributed by atoms with Crippen molar-refractivity contribution in [2.24, 2.45) is 0 Å². The lowest BCUT2D eigenvalue weighted by Crippen LogP contribution is -1.77. The fourth-order valence-corrected chi connectivity index (χ4v) is 2.91. The van der Waals surface area contributed by atoms with Crippen LogP contribution in [0.3, 0.4) is 0 Å². The second-order valence-corrected chi connectivity index (χ2v) is 5.30. The molecular weight excluding hydrogens is 270 g/mol. The highest BCUT2D eigenvalue weighted by Gasteiger charge is 2.10. The highest BCUT2D eigenvalue weighted by molar-refractivity contribution is 7.21. The molecule has 0 aliphatic carbocycles. The molecule has 3 rings (SSSR count). The highest BCUT2D eigenvalue weighted by Crippen LogP contribution is 2.37. The third kappa shape index (κ3) is 1.89. The van der Waals surface area contributed by atoms with Gasteiger partial charge in [-0.3, -0.25) is 0 Å². The summed E-state index contributed by atoms with van der Waals surface area (Å²) in [4.78, 5) is 4.42. The van der Waals surface area contributed by atoms with E-state index in [0.29, 0.717) is 15.6 Å². The molecule has 0 bridgehead atoms. The van der Waals surface area contributed by atoms with Gasteiger partial charge in [-0.2, -0.15) is 0 Å². The summed E-state index contributed by atoms with van der Waals surface area (Å²) in [5, 5.41) is 20.5. The first kappa shape index (κ1) is 11.3. The fourth-order valence-electron chi connectivity index (χ4n) is 1.71. The van der Waals surface area contributed by atoms with Gasteiger partial charge in [0, 0.05) is 5.02 Å². The van der Waals surface area contributed by atoms with Gasteiger partial charge >= 0.3 is 0 Å². The van der Waals surface area contributed by atoms with Gasteiger partial charge in [0.25, 0.3) is 0 Å². The molecule has 0 radical (unpaired) electrons. The lowest BCUT2D eigenvalue weighted by Gasteiger charge is -2.00. The number of halogens is 1. The van der Waals surface area contributed by atoms with E-state index in [1.54, 1.807) is 30.3 Å². The molecular formula is C13H8ClNO2S. The van der Waals surface area contributed by atoms with Gasteiger partial charge in [-0.05, 0) is 36.4 Å². The van der Waals surface area contributed by atoms with Gasteiger partial charge in [0.05, 0.1) is 15.8 Å². The number of phenols is 2. The standard InChI is InChI=1S/C13H8ClNO2S/c14-7-1-3-9(11(17)5-7)13-15-10-4-2-8(16)6-12(10)18-13/h1-6,16-17H. The first-order chi connectivity index (χ1) is 8.63. The Hall–Kier alpha value is -1.78. The molecule has 1 heterocycles. The molecule has 2 aromatic carbocycles. The molecule has 3 aromatic rings. The van der Waals surface area contributed by atoms with E-state index in [1.807, 2.05) is 0 Å². The number of aromatic hydroxyl groups is 2. The van der Waals surface area contributed by atoms with Crippen LogP contribution in [0.25, 0.3) is 20.8 Å². The average Bonchev–Trinajstić information content (AvgIpc) is 2.71. The van der Waals surface area contributed by atoms with E-state index in [9.17, 15) is 10.2 Å². The first-order valence-corrected chi connectivity index (χ1v) is 6.41. The summed E-state index contributed by atoms with van der Waals surface area (Å²) in [5.41, 5.74) is 1.43. The quantitative estimate of drug-likeness (QED) is 0.706. The Labute approximate surface area is 112 Å². The molecule has 0 spiro atoms. The van der Waals surface area contributed by atoms with Crippen LogP contribution in [0.4, 0.5) is 0 Å². The van der Waals surface area contributed by atoms with Gasteiger partial charge in [0.1, 0.15) is 16.5 Å². The van der Waals surface area contributed by atoms with Crippen molar-refractivity contribution in [3.63, 3.8) is 0 Å². The van der Waals surface area contributed by atoms with Crippen molar-refractivity contribution < 1.29 is 10.2 Å². The number of aromatic nitrogens is 1. The zero-order valence-electron chi connectivity index (χ0n) is 9.09. The Balaban J connectivity index is 2.19. The van der Waals surface area contributed by atoms with Gasteiger partial charge in [0.2, 0.25) is 0 Å². The fraction of sp³-hybridized carbons (Fsp3) is 0. The summed E-state index contributed by atoms with van der Waals surface area (Å²) in [6.45, 7) is 0. The maximum Gasteiger partial charge on any atom is 0.128 e. The van der Waals surface area contributed by atoms with E-state index in [0.717, 1.165) is 10.2 Å². The number of nitrogens with zero attached hydrogens (tertiary/aromatic N) is 1. The molecule has 1 aromatic heterocycles. The zero-order valence-corrected chi connectivity index (χ0v) is 10.7. The van der Waals surface area contributed by atoms with Gasteiger partial charge in [0.15, 0.2) is 0 Å². The monoisotopic (exact) mass is 277 g/mol. The van der Waals surface area contributed by atoms with Crippen molar-refractivity contribution in [3.8, 4) is 22.1 Å². The maximum atomic E-state index is 9.86. The van der Waals surface area contributed by atoms with Crippen molar-refractivity contribution in [3.05, 3.63) is 41.4 Å². The van der Waals surface area contributed by atoms with Crippen LogP contribution < -0.4 is 0 Å². The van der Waals surface area contributed by atoms with E-state index >= 15 is 0 Å². The molecule has 0 saturated carbocycles. The molecule has 90 valence electrons. The minimum Gasteiger partial charge on any atom is -0.508 e. The number of fused-ring (bicyclic) bond motifs is 1. The minimum atomic E-state index is 0.103. The zero-order chi connectivity index (χ0) is 12.7. The van der Waals surface area contributed by atoms with Crippen LogP contribution in [-0.4, -0.2) is 15.2 Å². The summed E-state index contributed by atoms with van der Waals surface area (Å²) in [7, 11) is 0. The van der Waals surface area contributed by atoms with Crippen molar-refractivity contribution in [2.45, 2.75) is 0 Å². The summed E-state index contributed by atoms with van der Waals surface area (Å²) in [5.74, 6) is 0.309. The topological polar surface area (TPSA) is 53.4 Å². The van der Waals surface area contributed by atoms with Crippen LogP contribution >= 0.6 is 22.9 Å². The van der Waals surface area contributed by atoms with E-state index < -0.39 is 0 Å². The van der Waals surface area contributed by atoms with Crippen molar-refractivity contribution in [2.75, 3.05) is 0 Å². The molecule has 3 nitrogen and oxygen atoms in total. The molecule has 0 aliphatic rings. The number of rotatable bonds is 1. The molecule has 0 unspecified atom stereocenters. The van der Waals surface area contributed by atoms with Gasteiger partial charge in [-0.1, -0.05) is 11.6 Å². The Morgan fingerprint density at radius 3 is 2.67 bits per heavy atom. The van der Waals surface area contributed by atoms with Crippen LogP contribution in [0.1, 0.15) is 0 Å². The van der Waals surface area contributed by atoms with E-state index in [4.69, 9.17) is 11.6 Å². The van der Waals surface area contributed by atoms with E-state index in [1.165, 1.54) is 17.4 Å². The molecule has 5 heteroatoms. The number of phenolic OH excluding ortho intramolecular Hbond substituents is 2. The lowest BCUT2D eigenvalue weighted by atomic mass is 10.2. The summed E-state index contributed by atoms with van der Waals surface area (Å²) in [6, 6.07) is 9.92.